The number of carbonyl (C=O) groups is 2. The van der Waals surface area contributed by atoms with Gasteiger partial charge in [0.1, 0.15) is 11.7 Å². The van der Waals surface area contributed by atoms with Crippen molar-refractivity contribution in [2.45, 2.75) is 13.3 Å². The summed E-state index contributed by atoms with van der Waals surface area (Å²) in [6.07, 6.45) is 0.248. The van der Waals surface area contributed by atoms with Crippen LogP contribution in [0.4, 0.5) is 0 Å². The molecule has 0 radical (unpaired) electrons. The molecular weight excluding hydrogens is 244 g/mol. The van der Waals surface area contributed by atoms with Crippen molar-refractivity contribution in [2.75, 3.05) is 7.11 Å². The van der Waals surface area contributed by atoms with E-state index in [0.717, 1.165) is 0 Å². The number of rotatable bonds is 5. The lowest BCUT2D eigenvalue weighted by atomic mass is 9.95. The van der Waals surface area contributed by atoms with E-state index in [9.17, 15) is 9.59 Å². The van der Waals surface area contributed by atoms with Crippen LogP contribution >= 0.6 is 11.6 Å². The van der Waals surface area contributed by atoms with Crippen LogP contribution in [0, 0.1) is 5.92 Å². The molecule has 0 saturated carbocycles. The molecule has 4 nitrogen and oxygen atoms in total. The Morgan fingerprint density at radius 1 is 1.47 bits per heavy atom. The summed E-state index contributed by atoms with van der Waals surface area (Å²) in [6, 6.07) is 4.48. The van der Waals surface area contributed by atoms with Gasteiger partial charge in [-0.1, -0.05) is 18.5 Å². The molecule has 0 fully saturated rings. The van der Waals surface area contributed by atoms with E-state index in [-0.39, 0.29) is 12.0 Å². The summed E-state index contributed by atoms with van der Waals surface area (Å²) >= 11 is 5.88. The fourth-order valence-corrected chi connectivity index (χ4v) is 1.75. The van der Waals surface area contributed by atoms with Crippen molar-refractivity contribution in [1.29, 1.82) is 0 Å². The molecule has 0 aromatic heterocycles. The van der Waals surface area contributed by atoms with Crippen LogP contribution < -0.4 is 4.74 Å². The smallest absolute Gasteiger partial charge is 0.314 e. The fourth-order valence-electron chi connectivity index (χ4n) is 1.49. The van der Waals surface area contributed by atoms with Crippen LogP contribution in [0.25, 0.3) is 0 Å². The summed E-state index contributed by atoms with van der Waals surface area (Å²) in [5.74, 6) is -2.14. The normalized spacial score (nSPS) is 11.9. The van der Waals surface area contributed by atoms with Crippen molar-refractivity contribution >= 4 is 23.4 Å². The van der Waals surface area contributed by atoms with Crippen LogP contribution in [0.15, 0.2) is 18.2 Å². The Bertz CT molecular complexity index is 442. The maximum atomic E-state index is 11.9. The largest absolute Gasteiger partial charge is 0.495 e. The minimum atomic E-state index is -1.12. The van der Waals surface area contributed by atoms with Crippen LogP contribution in [0.5, 0.6) is 5.75 Å². The lowest BCUT2D eigenvalue weighted by Gasteiger charge is -2.10. The summed E-state index contributed by atoms with van der Waals surface area (Å²) < 4.78 is 4.95. The van der Waals surface area contributed by atoms with Crippen molar-refractivity contribution in [1.82, 2.24) is 0 Å². The summed E-state index contributed by atoms with van der Waals surface area (Å²) in [6.45, 7) is 1.65. The van der Waals surface area contributed by atoms with E-state index in [2.05, 4.69) is 0 Å². The third-order valence-electron chi connectivity index (χ3n) is 2.46. The minimum Gasteiger partial charge on any atom is -0.495 e. The molecule has 92 valence electrons. The van der Waals surface area contributed by atoms with E-state index in [4.69, 9.17) is 21.4 Å². The zero-order valence-corrected chi connectivity index (χ0v) is 10.3. The number of halogens is 1. The second-order valence-electron chi connectivity index (χ2n) is 3.51. The molecule has 0 bridgehead atoms. The number of hydrogen-bond donors (Lipinski definition) is 1. The molecule has 17 heavy (non-hydrogen) atoms. The predicted molar refractivity (Wildman–Crippen MR) is 63.8 cm³/mol. The van der Waals surface area contributed by atoms with Gasteiger partial charge < -0.3 is 9.84 Å². The average Bonchev–Trinajstić information content (AvgIpc) is 2.29. The molecule has 1 unspecified atom stereocenters. The molecule has 1 N–H and O–H groups in total. The van der Waals surface area contributed by atoms with Crippen molar-refractivity contribution in [3.8, 4) is 5.75 Å². The molecule has 0 saturated heterocycles. The van der Waals surface area contributed by atoms with Gasteiger partial charge in [-0.25, -0.2) is 0 Å². The SMILES string of the molecule is CCC(C(=O)O)C(=O)c1ccc(OC)c(Cl)c1. The van der Waals surface area contributed by atoms with E-state index in [1.807, 2.05) is 0 Å². The molecule has 1 atom stereocenters. The average molecular weight is 257 g/mol. The second kappa shape index (κ2) is 5.68. The van der Waals surface area contributed by atoms with Gasteiger partial charge in [-0.15, -0.1) is 0 Å². The number of carbonyl (C=O) groups excluding carboxylic acids is 1. The molecule has 0 aliphatic carbocycles. The van der Waals surface area contributed by atoms with Crippen molar-refractivity contribution in [3.05, 3.63) is 28.8 Å². The van der Waals surface area contributed by atoms with Crippen LogP contribution in [-0.2, 0) is 4.79 Å². The van der Waals surface area contributed by atoms with Gasteiger partial charge in [-0.05, 0) is 24.6 Å². The Balaban J connectivity index is 3.04. The lowest BCUT2D eigenvalue weighted by Crippen LogP contribution is -2.23. The van der Waals surface area contributed by atoms with Gasteiger partial charge in [-0.3, -0.25) is 9.59 Å². The number of hydrogen-bond acceptors (Lipinski definition) is 3. The van der Waals surface area contributed by atoms with Gasteiger partial charge in [0.05, 0.1) is 12.1 Å². The molecular formula is C12H13ClO4. The first-order chi connectivity index (χ1) is 8.01. The maximum Gasteiger partial charge on any atom is 0.314 e. The van der Waals surface area contributed by atoms with E-state index in [0.29, 0.717) is 10.8 Å². The molecule has 0 heterocycles. The van der Waals surface area contributed by atoms with Gasteiger partial charge in [0.15, 0.2) is 5.78 Å². The molecule has 0 aliphatic rings. The molecule has 5 heteroatoms. The molecule has 1 rings (SSSR count). The van der Waals surface area contributed by atoms with Crippen molar-refractivity contribution < 1.29 is 19.4 Å². The highest BCUT2D eigenvalue weighted by Gasteiger charge is 2.25. The van der Waals surface area contributed by atoms with Gasteiger partial charge in [-0.2, -0.15) is 0 Å². The van der Waals surface area contributed by atoms with Crippen LogP contribution in [0.2, 0.25) is 5.02 Å². The third-order valence-corrected chi connectivity index (χ3v) is 2.75. The Morgan fingerprint density at radius 2 is 2.12 bits per heavy atom. The van der Waals surface area contributed by atoms with E-state index >= 15 is 0 Å². The summed E-state index contributed by atoms with van der Waals surface area (Å²) in [4.78, 5) is 22.8. The van der Waals surface area contributed by atoms with Crippen molar-refractivity contribution in [2.24, 2.45) is 5.92 Å². The number of aliphatic carboxylic acids is 1. The van der Waals surface area contributed by atoms with E-state index in [1.165, 1.54) is 19.2 Å². The van der Waals surface area contributed by atoms with Gasteiger partial charge >= 0.3 is 5.97 Å². The molecule has 1 aromatic carbocycles. The highest BCUT2D eigenvalue weighted by atomic mass is 35.5. The number of ketones is 1. The minimum absolute atomic E-state index is 0.248. The lowest BCUT2D eigenvalue weighted by molar-refractivity contribution is -0.140. The van der Waals surface area contributed by atoms with Gasteiger partial charge in [0.2, 0.25) is 0 Å². The first kappa shape index (κ1) is 13.5. The van der Waals surface area contributed by atoms with Gasteiger partial charge in [0, 0.05) is 5.56 Å². The molecule has 0 spiro atoms. The monoisotopic (exact) mass is 256 g/mol. The molecule has 0 amide bonds. The predicted octanol–water partition coefficient (Wildman–Crippen LogP) is 2.64. The molecule has 0 aliphatic heterocycles. The fraction of sp³-hybridized carbons (Fsp3) is 0.333. The number of carboxylic acid groups (broad SMARTS) is 1. The first-order valence-electron chi connectivity index (χ1n) is 5.11. The van der Waals surface area contributed by atoms with Crippen LogP contribution in [0.3, 0.4) is 0 Å². The Labute approximate surface area is 104 Å². The van der Waals surface area contributed by atoms with E-state index in [1.54, 1.807) is 13.0 Å². The number of benzene rings is 1. The van der Waals surface area contributed by atoms with Gasteiger partial charge in [0.25, 0.3) is 0 Å². The Kier molecular flexibility index (Phi) is 4.52. The number of ether oxygens (including phenoxy) is 1. The number of carboxylic acids is 1. The highest BCUT2D eigenvalue weighted by molar-refractivity contribution is 6.32. The summed E-state index contributed by atoms with van der Waals surface area (Å²) in [5, 5.41) is 9.19. The maximum absolute atomic E-state index is 11.9. The third kappa shape index (κ3) is 2.97. The summed E-state index contributed by atoms with van der Waals surface area (Å²) in [5.41, 5.74) is 0.282. The topological polar surface area (TPSA) is 63.6 Å². The van der Waals surface area contributed by atoms with E-state index < -0.39 is 17.7 Å². The number of methoxy groups -OCH3 is 1. The zero-order valence-electron chi connectivity index (χ0n) is 9.57. The Hall–Kier alpha value is -1.55. The first-order valence-corrected chi connectivity index (χ1v) is 5.49. The molecule has 1 aromatic rings. The zero-order chi connectivity index (χ0) is 13.0. The van der Waals surface area contributed by atoms with Crippen molar-refractivity contribution in [3.63, 3.8) is 0 Å². The standard InChI is InChI=1S/C12H13ClO4/c1-3-8(12(15)16)11(14)7-4-5-10(17-2)9(13)6-7/h4-6,8H,3H2,1-2H3,(H,15,16). The Morgan fingerprint density at radius 3 is 2.53 bits per heavy atom. The number of Topliss-reactive ketones (excluding diaryl/α,β-unsaturated/α-hetero) is 1. The second-order valence-corrected chi connectivity index (χ2v) is 3.92. The highest BCUT2D eigenvalue weighted by Crippen LogP contribution is 2.26. The van der Waals surface area contributed by atoms with Crippen LogP contribution in [0.1, 0.15) is 23.7 Å². The van der Waals surface area contributed by atoms with Crippen LogP contribution in [-0.4, -0.2) is 24.0 Å². The quantitative estimate of drug-likeness (QED) is 0.650. The summed E-state index contributed by atoms with van der Waals surface area (Å²) in [7, 11) is 1.47.